The molecule has 0 saturated carbocycles. The van der Waals surface area contributed by atoms with E-state index in [0.717, 1.165) is 22.3 Å². The molecular formula is C14H15BrClN3O. The van der Waals surface area contributed by atoms with Gasteiger partial charge in [0.05, 0.1) is 18.2 Å². The van der Waals surface area contributed by atoms with Crippen LogP contribution in [0.5, 0.6) is 5.88 Å². The van der Waals surface area contributed by atoms with Crippen molar-refractivity contribution in [2.24, 2.45) is 0 Å². The molecule has 2 rings (SSSR count). The molecule has 0 aliphatic carbocycles. The van der Waals surface area contributed by atoms with Crippen LogP contribution < -0.4 is 10.1 Å². The van der Waals surface area contributed by atoms with Gasteiger partial charge in [-0.1, -0.05) is 24.6 Å². The van der Waals surface area contributed by atoms with E-state index in [-0.39, 0.29) is 6.04 Å². The normalized spacial score (nSPS) is 12.2. The summed E-state index contributed by atoms with van der Waals surface area (Å²) in [6, 6.07) is 5.71. The molecule has 1 N–H and O–H groups in total. The lowest BCUT2D eigenvalue weighted by Gasteiger charge is -2.19. The molecule has 106 valence electrons. The monoisotopic (exact) mass is 355 g/mol. The van der Waals surface area contributed by atoms with Crippen LogP contribution in [0.15, 0.2) is 35.1 Å². The zero-order valence-corrected chi connectivity index (χ0v) is 13.6. The molecule has 0 aliphatic heterocycles. The largest absolute Gasteiger partial charge is 0.480 e. The van der Waals surface area contributed by atoms with Crippen molar-refractivity contribution in [2.45, 2.75) is 13.0 Å². The fraction of sp³-hybridized carbons (Fsp3) is 0.286. The van der Waals surface area contributed by atoms with Gasteiger partial charge in [0, 0.05) is 16.9 Å². The average molecular weight is 357 g/mol. The number of benzene rings is 1. The Hall–Kier alpha value is -1.17. The second kappa shape index (κ2) is 7.02. The quantitative estimate of drug-likeness (QED) is 0.889. The number of halogens is 2. The first-order chi connectivity index (χ1) is 9.67. The van der Waals surface area contributed by atoms with E-state index >= 15 is 0 Å². The molecule has 4 nitrogen and oxygen atoms in total. The van der Waals surface area contributed by atoms with Gasteiger partial charge in [0.1, 0.15) is 5.69 Å². The number of nitrogens with zero attached hydrogens (tertiary/aromatic N) is 2. The van der Waals surface area contributed by atoms with Gasteiger partial charge in [0.2, 0.25) is 5.88 Å². The van der Waals surface area contributed by atoms with Gasteiger partial charge in [-0.3, -0.25) is 4.98 Å². The first-order valence-corrected chi connectivity index (χ1v) is 7.37. The van der Waals surface area contributed by atoms with Crippen LogP contribution in [0, 0.1) is 0 Å². The maximum atomic E-state index is 6.18. The molecule has 20 heavy (non-hydrogen) atoms. The van der Waals surface area contributed by atoms with Gasteiger partial charge in [0.15, 0.2) is 0 Å². The van der Waals surface area contributed by atoms with E-state index in [1.54, 1.807) is 19.5 Å². The van der Waals surface area contributed by atoms with Crippen LogP contribution in [0.25, 0.3) is 0 Å². The molecule has 0 radical (unpaired) electrons. The fourth-order valence-electron chi connectivity index (χ4n) is 1.96. The summed E-state index contributed by atoms with van der Waals surface area (Å²) in [5.74, 6) is 0.512. The Morgan fingerprint density at radius 3 is 2.75 bits per heavy atom. The summed E-state index contributed by atoms with van der Waals surface area (Å²) < 4.78 is 6.16. The van der Waals surface area contributed by atoms with Crippen LogP contribution in [-0.2, 0) is 0 Å². The second-order valence-electron chi connectivity index (χ2n) is 4.12. The standard InChI is InChI=1S/C14H15BrClN3O/c1-3-17-12(9-4-5-10(15)11(16)8-9)13-14(20-2)19-7-6-18-13/h4-8,12,17H,3H2,1-2H3. The smallest absolute Gasteiger partial charge is 0.237 e. The molecule has 0 spiro atoms. The van der Waals surface area contributed by atoms with Gasteiger partial charge >= 0.3 is 0 Å². The number of ether oxygens (including phenoxy) is 1. The maximum absolute atomic E-state index is 6.18. The fourth-order valence-corrected chi connectivity index (χ4v) is 2.40. The van der Waals surface area contributed by atoms with Crippen molar-refractivity contribution in [1.29, 1.82) is 0 Å². The minimum atomic E-state index is -0.116. The molecule has 1 heterocycles. The average Bonchev–Trinajstić information content (AvgIpc) is 2.48. The van der Waals surface area contributed by atoms with Gasteiger partial charge in [0.25, 0.3) is 0 Å². The van der Waals surface area contributed by atoms with Crippen molar-refractivity contribution in [3.05, 3.63) is 51.3 Å². The number of rotatable bonds is 5. The molecule has 0 bridgehead atoms. The lowest BCUT2D eigenvalue weighted by Crippen LogP contribution is -2.23. The highest BCUT2D eigenvalue weighted by molar-refractivity contribution is 9.10. The van der Waals surface area contributed by atoms with Gasteiger partial charge in [-0.05, 0) is 40.2 Å². The van der Waals surface area contributed by atoms with Gasteiger partial charge in [-0.25, -0.2) is 4.98 Å². The lowest BCUT2D eigenvalue weighted by atomic mass is 10.0. The Morgan fingerprint density at radius 1 is 1.35 bits per heavy atom. The molecule has 0 saturated heterocycles. The highest BCUT2D eigenvalue weighted by Crippen LogP contribution is 2.31. The first kappa shape index (κ1) is 15.2. The zero-order valence-electron chi connectivity index (χ0n) is 11.2. The molecule has 0 amide bonds. The highest BCUT2D eigenvalue weighted by atomic mass is 79.9. The van der Waals surface area contributed by atoms with Gasteiger partial charge < -0.3 is 10.1 Å². The molecule has 1 aromatic heterocycles. The number of nitrogens with one attached hydrogen (secondary N) is 1. The molecule has 1 atom stereocenters. The Labute approximate surface area is 131 Å². The van der Waals surface area contributed by atoms with Crippen molar-refractivity contribution in [1.82, 2.24) is 15.3 Å². The summed E-state index contributed by atoms with van der Waals surface area (Å²) >= 11 is 9.57. The van der Waals surface area contributed by atoms with E-state index in [2.05, 4.69) is 31.2 Å². The van der Waals surface area contributed by atoms with E-state index in [9.17, 15) is 0 Å². The van der Waals surface area contributed by atoms with Crippen molar-refractivity contribution in [2.75, 3.05) is 13.7 Å². The van der Waals surface area contributed by atoms with Gasteiger partial charge in [-0.2, -0.15) is 0 Å². The van der Waals surface area contributed by atoms with E-state index in [1.807, 2.05) is 25.1 Å². The summed E-state index contributed by atoms with van der Waals surface area (Å²) in [7, 11) is 1.59. The van der Waals surface area contributed by atoms with Crippen LogP contribution in [0.3, 0.4) is 0 Å². The molecule has 0 fully saturated rings. The molecule has 2 aromatic rings. The third kappa shape index (κ3) is 3.29. The van der Waals surface area contributed by atoms with Crippen LogP contribution in [0.1, 0.15) is 24.2 Å². The molecule has 6 heteroatoms. The van der Waals surface area contributed by atoms with Crippen molar-refractivity contribution in [3.63, 3.8) is 0 Å². The third-order valence-corrected chi connectivity index (χ3v) is 4.08. The predicted octanol–water partition coefficient (Wildman–Crippen LogP) is 3.60. The van der Waals surface area contributed by atoms with Crippen LogP contribution in [0.2, 0.25) is 5.02 Å². The summed E-state index contributed by atoms with van der Waals surface area (Å²) in [5, 5.41) is 4.04. The van der Waals surface area contributed by atoms with E-state index in [0.29, 0.717) is 10.9 Å². The molecular weight excluding hydrogens is 342 g/mol. The lowest BCUT2D eigenvalue weighted by molar-refractivity contribution is 0.383. The summed E-state index contributed by atoms with van der Waals surface area (Å²) in [6.45, 7) is 2.83. The number of methoxy groups -OCH3 is 1. The number of hydrogen-bond acceptors (Lipinski definition) is 4. The van der Waals surface area contributed by atoms with Crippen molar-refractivity contribution >= 4 is 27.5 Å². The van der Waals surface area contributed by atoms with Gasteiger partial charge in [-0.15, -0.1) is 0 Å². The Morgan fingerprint density at radius 2 is 2.10 bits per heavy atom. The topological polar surface area (TPSA) is 47.0 Å². The Kier molecular flexibility index (Phi) is 5.34. The summed E-state index contributed by atoms with van der Waals surface area (Å²) in [6.07, 6.45) is 3.27. The molecule has 0 aliphatic rings. The SMILES string of the molecule is CCNC(c1ccc(Br)c(Cl)c1)c1nccnc1OC. The van der Waals surface area contributed by atoms with Crippen LogP contribution in [-0.4, -0.2) is 23.6 Å². The Balaban J connectivity index is 2.47. The van der Waals surface area contributed by atoms with Crippen LogP contribution >= 0.6 is 27.5 Å². The molecule has 1 aromatic carbocycles. The second-order valence-corrected chi connectivity index (χ2v) is 5.38. The molecule has 1 unspecified atom stereocenters. The van der Waals surface area contributed by atoms with E-state index < -0.39 is 0 Å². The number of aromatic nitrogens is 2. The van der Waals surface area contributed by atoms with E-state index in [1.165, 1.54) is 0 Å². The minimum Gasteiger partial charge on any atom is -0.480 e. The van der Waals surface area contributed by atoms with Crippen LogP contribution in [0.4, 0.5) is 0 Å². The minimum absolute atomic E-state index is 0.116. The Bertz CT molecular complexity index is 594. The maximum Gasteiger partial charge on any atom is 0.237 e. The van der Waals surface area contributed by atoms with Crippen molar-refractivity contribution < 1.29 is 4.74 Å². The third-order valence-electron chi connectivity index (χ3n) is 2.84. The first-order valence-electron chi connectivity index (χ1n) is 6.20. The van der Waals surface area contributed by atoms with Crippen molar-refractivity contribution in [3.8, 4) is 5.88 Å². The summed E-state index contributed by atoms with van der Waals surface area (Å²) in [5.41, 5.74) is 1.76. The number of hydrogen-bond donors (Lipinski definition) is 1. The predicted molar refractivity (Wildman–Crippen MR) is 83.3 cm³/mol. The highest BCUT2D eigenvalue weighted by Gasteiger charge is 2.20. The van der Waals surface area contributed by atoms with E-state index in [4.69, 9.17) is 16.3 Å². The zero-order chi connectivity index (χ0) is 14.5. The summed E-state index contributed by atoms with van der Waals surface area (Å²) in [4.78, 5) is 8.59.